The fourth-order valence-corrected chi connectivity index (χ4v) is 6.81. The first-order valence-electron chi connectivity index (χ1n) is 14.7. The van der Waals surface area contributed by atoms with Crippen LogP contribution in [0.3, 0.4) is 0 Å². The van der Waals surface area contributed by atoms with Gasteiger partial charge in [-0.2, -0.15) is 0 Å². The summed E-state index contributed by atoms with van der Waals surface area (Å²) in [7, 11) is -0.975. The molecule has 0 spiro atoms. The summed E-state index contributed by atoms with van der Waals surface area (Å²) in [4.78, 5) is 29.9. The highest BCUT2D eigenvalue weighted by Gasteiger charge is 2.34. The van der Waals surface area contributed by atoms with E-state index in [1.54, 1.807) is 12.1 Å². The maximum Gasteiger partial charge on any atom is 0.244 e. The number of halogens is 1. The van der Waals surface area contributed by atoms with Crippen LogP contribution in [0.1, 0.15) is 43.2 Å². The Kier molecular flexibility index (Phi) is 11.7. The Morgan fingerprint density at radius 3 is 2.23 bits per heavy atom. The van der Waals surface area contributed by atoms with Crippen LogP contribution in [0.2, 0.25) is 0 Å². The molecule has 1 saturated carbocycles. The number of sulfonamides is 1. The molecule has 4 rings (SSSR count). The van der Waals surface area contributed by atoms with Gasteiger partial charge in [0, 0.05) is 29.5 Å². The van der Waals surface area contributed by atoms with E-state index in [4.69, 9.17) is 9.47 Å². The molecule has 0 aliphatic heterocycles. The summed E-state index contributed by atoms with van der Waals surface area (Å²) in [6, 6.07) is 20.9. The number of nitrogens with one attached hydrogen (secondary N) is 1. The topological polar surface area (TPSA) is 105 Å². The van der Waals surface area contributed by atoms with Gasteiger partial charge in [-0.05, 0) is 48.2 Å². The van der Waals surface area contributed by atoms with E-state index in [1.165, 1.54) is 25.2 Å². The Bertz CT molecular complexity index is 1530. The van der Waals surface area contributed by atoms with E-state index < -0.39 is 28.5 Å². The molecule has 1 unspecified atom stereocenters. The molecule has 9 nitrogen and oxygen atoms in total. The summed E-state index contributed by atoms with van der Waals surface area (Å²) >= 11 is 3.50. The second-order valence-electron chi connectivity index (χ2n) is 11.0. The molecule has 1 aliphatic carbocycles. The zero-order valence-corrected chi connectivity index (χ0v) is 27.8. The van der Waals surface area contributed by atoms with Crippen molar-refractivity contribution in [3.8, 4) is 11.5 Å². The van der Waals surface area contributed by atoms with Gasteiger partial charge in [0.2, 0.25) is 21.8 Å². The molecule has 11 heteroatoms. The number of hydrogen-bond donors (Lipinski definition) is 1. The van der Waals surface area contributed by atoms with Crippen LogP contribution in [0.5, 0.6) is 11.5 Å². The van der Waals surface area contributed by atoms with E-state index in [0.29, 0.717) is 11.5 Å². The molecular weight excluding hydrogens is 646 g/mol. The number of nitrogens with zero attached hydrogens (tertiary/aromatic N) is 2. The summed E-state index contributed by atoms with van der Waals surface area (Å²) in [6.07, 6.45) is 6.34. The van der Waals surface area contributed by atoms with Crippen LogP contribution in [-0.4, -0.2) is 64.2 Å². The van der Waals surface area contributed by atoms with Crippen molar-refractivity contribution in [3.05, 3.63) is 88.4 Å². The van der Waals surface area contributed by atoms with Gasteiger partial charge in [0.25, 0.3) is 0 Å². The summed E-state index contributed by atoms with van der Waals surface area (Å²) < 4.78 is 38.8. The average molecular weight is 687 g/mol. The average Bonchev–Trinajstić information content (AvgIpc) is 3.01. The number of anilines is 1. The highest BCUT2D eigenvalue weighted by atomic mass is 79.9. The van der Waals surface area contributed by atoms with Gasteiger partial charge in [0.1, 0.15) is 12.6 Å². The van der Waals surface area contributed by atoms with Crippen molar-refractivity contribution in [3.63, 3.8) is 0 Å². The molecule has 3 aromatic rings. The number of hydrogen-bond acceptors (Lipinski definition) is 6. The van der Waals surface area contributed by atoms with Crippen LogP contribution in [0.4, 0.5) is 5.69 Å². The van der Waals surface area contributed by atoms with Crippen LogP contribution in [0, 0.1) is 0 Å². The monoisotopic (exact) mass is 685 g/mol. The van der Waals surface area contributed by atoms with Gasteiger partial charge in [0.15, 0.2) is 11.5 Å². The van der Waals surface area contributed by atoms with Gasteiger partial charge in [-0.3, -0.25) is 13.9 Å². The third kappa shape index (κ3) is 8.98. The predicted octanol–water partition coefficient (Wildman–Crippen LogP) is 5.32. The fourth-order valence-electron chi connectivity index (χ4n) is 5.52. The first-order valence-corrected chi connectivity index (χ1v) is 17.3. The zero-order valence-electron chi connectivity index (χ0n) is 25.4. The fraction of sp³-hybridized carbons (Fsp3) is 0.394. The number of ether oxygens (including phenoxy) is 2. The molecule has 236 valence electrons. The van der Waals surface area contributed by atoms with Gasteiger partial charge >= 0.3 is 0 Å². The zero-order chi connectivity index (χ0) is 31.7. The van der Waals surface area contributed by atoms with Crippen molar-refractivity contribution >= 4 is 43.5 Å². The standard InChI is InChI=1S/C33H40BrN3O6S/c1-42-30-18-17-28(21-31(30)43-2)37(44(3,40)41)23-32(38)36(22-25-13-10-14-26(34)19-25)29(20-24-11-6-4-7-12-24)33(39)35-27-15-8-5-9-16-27/h4,6-7,10-14,17-19,21,27,29H,5,8-9,15-16,20,22-23H2,1-3H3,(H,35,39). The first-order chi connectivity index (χ1) is 21.1. The molecule has 1 atom stereocenters. The van der Waals surface area contributed by atoms with E-state index in [1.807, 2.05) is 54.6 Å². The smallest absolute Gasteiger partial charge is 0.244 e. The van der Waals surface area contributed by atoms with Crippen LogP contribution >= 0.6 is 15.9 Å². The number of carbonyl (C=O) groups is 2. The van der Waals surface area contributed by atoms with Gasteiger partial charge in [-0.25, -0.2) is 8.42 Å². The molecular formula is C33H40BrN3O6S. The number of rotatable bonds is 13. The maximum atomic E-state index is 14.3. The molecule has 1 N–H and O–H groups in total. The molecule has 0 radical (unpaired) electrons. The maximum absolute atomic E-state index is 14.3. The lowest BCUT2D eigenvalue weighted by Gasteiger charge is -2.35. The molecule has 0 aromatic heterocycles. The minimum atomic E-state index is -3.92. The van der Waals surface area contributed by atoms with E-state index in [0.717, 1.165) is 58.3 Å². The van der Waals surface area contributed by atoms with E-state index in [9.17, 15) is 18.0 Å². The Hall–Kier alpha value is -3.57. The van der Waals surface area contributed by atoms with Crippen LogP contribution in [0.25, 0.3) is 0 Å². The third-order valence-electron chi connectivity index (χ3n) is 7.80. The third-order valence-corrected chi connectivity index (χ3v) is 9.43. The number of methoxy groups -OCH3 is 2. The number of amides is 2. The summed E-state index contributed by atoms with van der Waals surface area (Å²) in [5, 5.41) is 3.21. The van der Waals surface area contributed by atoms with Crippen LogP contribution in [-0.2, 0) is 32.6 Å². The lowest BCUT2D eigenvalue weighted by Crippen LogP contribution is -2.55. The van der Waals surface area contributed by atoms with Crippen LogP contribution in [0.15, 0.2) is 77.3 Å². The number of carbonyl (C=O) groups excluding carboxylic acids is 2. The van der Waals surface area contributed by atoms with Gasteiger partial charge < -0.3 is 19.7 Å². The van der Waals surface area contributed by atoms with Crippen molar-refractivity contribution in [2.24, 2.45) is 0 Å². The summed E-state index contributed by atoms with van der Waals surface area (Å²) in [5.41, 5.74) is 1.93. The lowest BCUT2D eigenvalue weighted by atomic mass is 9.94. The first kappa shape index (κ1) is 33.3. The minimum Gasteiger partial charge on any atom is -0.493 e. The van der Waals surface area contributed by atoms with Gasteiger partial charge in [-0.1, -0.05) is 77.7 Å². The van der Waals surface area contributed by atoms with E-state index >= 15 is 0 Å². The quantitative estimate of drug-likeness (QED) is 0.261. The molecule has 0 heterocycles. The molecule has 2 amide bonds. The SMILES string of the molecule is COc1ccc(N(CC(=O)N(Cc2cccc(Br)c2)C(Cc2ccccc2)C(=O)NC2CCCCC2)S(C)(=O)=O)cc1OC. The van der Waals surface area contributed by atoms with Crippen molar-refractivity contribution < 1.29 is 27.5 Å². The highest BCUT2D eigenvalue weighted by Crippen LogP contribution is 2.32. The highest BCUT2D eigenvalue weighted by molar-refractivity contribution is 9.10. The predicted molar refractivity (Wildman–Crippen MR) is 175 cm³/mol. The molecule has 1 aliphatic rings. The second kappa shape index (κ2) is 15.4. The molecule has 44 heavy (non-hydrogen) atoms. The van der Waals surface area contributed by atoms with Gasteiger partial charge in [-0.15, -0.1) is 0 Å². The lowest BCUT2D eigenvalue weighted by molar-refractivity contribution is -0.140. The van der Waals surface area contributed by atoms with Crippen molar-refractivity contribution in [1.82, 2.24) is 10.2 Å². The molecule has 3 aromatic carbocycles. The largest absolute Gasteiger partial charge is 0.493 e. The summed E-state index contributed by atoms with van der Waals surface area (Å²) in [5.74, 6) is -0.00782. The second-order valence-corrected chi connectivity index (χ2v) is 13.8. The van der Waals surface area contributed by atoms with E-state index in [2.05, 4.69) is 21.2 Å². The number of benzene rings is 3. The van der Waals surface area contributed by atoms with Crippen molar-refractivity contribution in [2.45, 2.75) is 57.2 Å². The molecule has 0 saturated heterocycles. The molecule has 0 bridgehead atoms. The Morgan fingerprint density at radius 2 is 1.59 bits per heavy atom. The Labute approximate surface area is 268 Å². The van der Waals surface area contributed by atoms with E-state index in [-0.39, 0.29) is 30.6 Å². The minimum absolute atomic E-state index is 0.0385. The van der Waals surface area contributed by atoms with Gasteiger partial charge in [0.05, 0.1) is 26.2 Å². The van der Waals surface area contributed by atoms with Crippen LogP contribution < -0.4 is 19.1 Å². The van der Waals surface area contributed by atoms with Crippen molar-refractivity contribution in [1.29, 1.82) is 0 Å². The normalized spacial score (nSPS) is 14.4. The molecule has 1 fully saturated rings. The Morgan fingerprint density at radius 1 is 0.909 bits per heavy atom. The Balaban J connectivity index is 1.74. The van der Waals surface area contributed by atoms with Crippen molar-refractivity contribution in [2.75, 3.05) is 31.3 Å². The summed E-state index contributed by atoms with van der Waals surface area (Å²) in [6.45, 7) is -0.401.